The molecule has 0 saturated carbocycles. The Morgan fingerprint density at radius 1 is 0.789 bits per heavy atom. The number of fused-ring (bicyclic) bond motifs is 2. The number of nitrogens with zero attached hydrogens (tertiary/aromatic N) is 2. The average molecular weight is 498 g/mol. The molecule has 38 heavy (non-hydrogen) atoms. The molecule has 0 bridgehead atoms. The number of hydrogen-bond donors (Lipinski definition) is 0. The van der Waals surface area contributed by atoms with Gasteiger partial charge in [-0.2, -0.15) is 4.57 Å². The maximum absolute atomic E-state index is 11.1. The van der Waals surface area contributed by atoms with Crippen LogP contribution in [0.25, 0.3) is 10.9 Å². The second-order valence-corrected chi connectivity index (χ2v) is 9.25. The summed E-state index contributed by atoms with van der Waals surface area (Å²) >= 11 is 0. The number of allylic oxidation sites excluding steroid dienone is 4. The summed E-state index contributed by atoms with van der Waals surface area (Å²) in [5, 5.41) is 0.996. The predicted molar refractivity (Wildman–Crippen MR) is 151 cm³/mol. The van der Waals surface area contributed by atoms with Crippen LogP contribution in [-0.2, 0) is 17.9 Å². The van der Waals surface area contributed by atoms with E-state index < -0.39 is 0 Å². The molecule has 0 saturated heterocycles. The van der Waals surface area contributed by atoms with Gasteiger partial charge in [-0.1, -0.05) is 91.0 Å². The van der Waals surface area contributed by atoms with Gasteiger partial charge in [0.25, 0.3) is 0 Å². The van der Waals surface area contributed by atoms with Gasteiger partial charge in [-0.15, -0.1) is 0 Å². The van der Waals surface area contributed by atoms with E-state index in [-0.39, 0.29) is 6.04 Å². The lowest BCUT2D eigenvalue weighted by Gasteiger charge is -2.33. The summed E-state index contributed by atoms with van der Waals surface area (Å²) < 4.78 is 2.16. The van der Waals surface area contributed by atoms with Gasteiger partial charge < -0.3 is 4.90 Å². The highest BCUT2D eigenvalue weighted by molar-refractivity contribution is 5.95. The number of carbonyl (C=O) groups excluding carboxylic acids is 2. The van der Waals surface area contributed by atoms with E-state index in [1.165, 1.54) is 16.7 Å². The molecule has 6 rings (SSSR count). The van der Waals surface area contributed by atoms with Crippen LogP contribution in [0.1, 0.15) is 21.5 Å². The van der Waals surface area contributed by atoms with Crippen LogP contribution in [0.4, 0.5) is 0 Å². The normalized spacial score (nSPS) is 15.6. The Morgan fingerprint density at radius 2 is 1.55 bits per heavy atom. The lowest BCUT2D eigenvalue weighted by molar-refractivity contribution is -0.662. The van der Waals surface area contributed by atoms with Gasteiger partial charge in [0.15, 0.2) is 19.0 Å². The van der Waals surface area contributed by atoms with Crippen molar-refractivity contribution in [3.8, 4) is 0 Å². The van der Waals surface area contributed by atoms with Crippen molar-refractivity contribution in [3.63, 3.8) is 0 Å². The minimum atomic E-state index is 0.230. The molecule has 1 aromatic heterocycles. The molecule has 1 unspecified atom stereocenters. The first-order valence-corrected chi connectivity index (χ1v) is 12.7. The number of aldehydes is 2. The lowest BCUT2D eigenvalue weighted by Crippen LogP contribution is -2.34. The SMILES string of the molecule is O=CC1=CC2=CC=CN(Cc3ccccc3)C2C=C1.O=Cc1cccc2c1ccc[n+]2Cc1ccccc1. The molecular formula is C34H29N2O2+. The summed E-state index contributed by atoms with van der Waals surface area (Å²) in [6.07, 6.45) is 16.0. The fourth-order valence-corrected chi connectivity index (χ4v) is 4.81. The maximum Gasteiger partial charge on any atom is 0.213 e. The smallest absolute Gasteiger partial charge is 0.213 e. The Balaban J connectivity index is 0.000000155. The highest BCUT2D eigenvalue weighted by Gasteiger charge is 2.21. The Labute approximate surface area is 223 Å². The third kappa shape index (κ3) is 5.76. The van der Waals surface area contributed by atoms with Crippen LogP contribution in [0.5, 0.6) is 0 Å². The first-order valence-electron chi connectivity index (χ1n) is 12.7. The second-order valence-electron chi connectivity index (χ2n) is 9.25. The first kappa shape index (κ1) is 24.8. The number of aromatic nitrogens is 1. The third-order valence-corrected chi connectivity index (χ3v) is 6.69. The van der Waals surface area contributed by atoms with Crippen molar-refractivity contribution < 1.29 is 14.2 Å². The Morgan fingerprint density at radius 3 is 2.29 bits per heavy atom. The summed E-state index contributed by atoms with van der Waals surface area (Å²) in [6.45, 7) is 1.68. The van der Waals surface area contributed by atoms with Crippen molar-refractivity contribution in [1.29, 1.82) is 0 Å². The van der Waals surface area contributed by atoms with Gasteiger partial charge in [0.1, 0.15) is 6.29 Å². The predicted octanol–water partition coefficient (Wildman–Crippen LogP) is 5.99. The Kier molecular flexibility index (Phi) is 7.80. The summed E-state index contributed by atoms with van der Waals surface area (Å²) in [6, 6.07) is 30.7. The Hall–Kier alpha value is -4.83. The van der Waals surface area contributed by atoms with Gasteiger partial charge in [-0.05, 0) is 29.4 Å². The van der Waals surface area contributed by atoms with Crippen molar-refractivity contribution >= 4 is 23.5 Å². The molecule has 1 aliphatic carbocycles. The second kappa shape index (κ2) is 11.9. The molecule has 4 nitrogen and oxygen atoms in total. The van der Waals surface area contributed by atoms with E-state index in [0.717, 1.165) is 47.7 Å². The van der Waals surface area contributed by atoms with Gasteiger partial charge in [0, 0.05) is 41.6 Å². The van der Waals surface area contributed by atoms with Crippen LogP contribution in [-0.4, -0.2) is 23.5 Å². The number of rotatable bonds is 6. The number of hydrogen-bond acceptors (Lipinski definition) is 3. The largest absolute Gasteiger partial charge is 0.363 e. The molecule has 0 radical (unpaired) electrons. The van der Waals surface area contributed by atoms with E-state index in [0.29, 0.717) is 0 Å². The molecule has 2 heterocycles. The van der Waals surface area contributed by atoms with Crippen LogP contribution in [0.15, 0.2) is 145 Å². The molecular weight excluding hydrogens is 468 g/mol. The molecule has 2 aliphatic rings. The van der Waals surface area contributed by atoms with E-state index in [1.807, 2.05) is 79.0 Å². The van der Waals surface area contributed by atoms with Crippen molar-refractivity contribution in [2.24, 2.45) is 0 Å². The van der Waals surface area contributed by atoms with Gasteiger partial charge in [-0.25, -0.2) is 0 Å². The lowest BCUT2D eigenvalue weighted by atomic mass is 9.94. The quantitative estimate of drug-likeness (QED) is 0.243. The zero-order valence-electron chi connectivity index (χ0n) is 21.1. The number of pyridine rings is 1. The third-order valence-electron chi connectivity index (χ3n) is 6.69. The molecule has 4 heteroatoms. The molecule has 4 aromatic rings. The first-order chi connectivity index (χ1) is 18.7. The highest BCUT2D eigenvalue weighted by atomic mass is 16.1. The van der Waals surface area contributed by atoms with Gasteiger partial charge >= 0.3 is 0 Å². The molecule has 186 valence electrons. The van der Waals surface area contributed by atoms with Gasteiger partial charge in [0.2, 0.25) is 5.52 Å². The summed E-state index contributed by atoms with van der Waals surface area (Å²) in [5.74, 6) is 0. The zero-order valence-corrected chi connectivity index (χ0v) is 21.1. The Bertz CT molecular complexity index is 1550. The van der Waals surface area contributed by atoms with E-state index in [2.05, 4.69) is 64.2 Å². The molecule has 1 aliphatic heterocycles. The minimum Gasteiger partial charge on any atom is -0.363 e. The van der Waals surface area contributed by atoms with Gasteiger partial charge in [0.05, 0.1) is 11.4 Å². The molecule has 0 amide bonds. The maximum atomic E-state index is 11.1. The standard InChI is InChI=1S/C17H14NO.C17H15NO/c19-13-15-8-4-10-17-16(15)9-5-11-18(17)12-14-6-2-1-3-7-14;19-13-15-8-9-17-16(11-15)7-4-10-18(17)12-14-5-2-1-3-6-14/h1-11,13H,12H2;1-11,13,17H,12H2/q+1;. The summed E-state index contributed by atoms with van der Waals surface area (Å²) in [4.78, 5) is 24.2. The summed E-state index contributed by atoms with van der Waals surface area (Å²) in [5.41, 5.74) is 6.25. The van der Waals surface area contributed by atoms with Crippen LogP contribution in [0.3, 0.4) is 0 Å². The topological polar surface area (TPSA) is 41.3 Å². The molecule has 1 atom stereocenters. The number of benzene rings is 3. The fraction of sp³-hybridized carbons (Fsp3) is 0.0882. The monoisotopic (exact) mass is 497 g/mol. The number of carbonyl (C=O) groups is 2. The van der Waals surface area contributed by atoms with E-state index >= 15 is 0 Å². The molecule has 0 N–H and O–H groups in total. The van der Waals surface area contributed by atoms with Crippen molar-refractivity contribution in [3.05, 3.63) is 162 Å². The summed E-state index contributed by atoms with van der Waals surface area (Å²) in [7, 11) is 0. The van der Waals surface area contributed by atoms with Crippen molar-refractivity contribution in [1.82, 2.24) is 4.90 Å². The molecule has 3 aromatic carbocycles. The fourth-order valence-electron chi connectivity index (χ4n) is 4.81. The highest BCUT2D eigenvalue weighted by Crippen LogP contribution is 2.25. The molecule has 0 spiro atoms. The van der Waals surface area contributed by atoms with E-state index in [9.17, 15) is 9.59 Å². The average Bonchev–Trinajstić information content (AvgIpc) is 2.98. The van der Waals surface area contributed by atoms with Crippen molar-refractivity contribution in [2.75, 3.05) is 0 Å². The van der Waals surface area contributed by atoms with Crippen LogP contribution in [0.2, 0.25) is 0 Å². The van der Waals surface area contributed by atoms with Crippen molar-refractivity contribution in [2.45, 2.75) is 19.1 Å². The minimum absolute atomic E-state index is 0.230. The zero-order chi connectivity index (χ0) is 26.2. The van der Waals surface area contributed by atoms with E-state index in [1.54, 1.807) is 0 Å². The molecule has 0 fully saturated rings. The van der Waals surface area contributed by atoms with Crippen LogP contribution < -0.4 is 4.57 Å². The van der Waals surface area contributed by atoms with Crippen LogP contribution >= 0.6 is 0 Å². The van der Waals surface area contributed by atoms with E-state index in [4.69, 9.17) is 0 Å². The van der Waals surface area contributed by atoms with Gasteiger partial charge in [-0.3, -0.25) is 9.59 Å². The van der Waals surface area contributed by atoms with Crippen LogP contribution in [0, 0.1) is 0 Å².